The summed E-state index contributed by atoms with van der Waals surface area (Å²) in [5.74, 6) is 0.160. The number of carbonyl (C=O) groups excluding carboxylic acids is 1. The summed E-state index contributed by atoms with van der Waals surface area (Å²) in [6.07, 6.45) is 4.90. The Balaban J connectivity index is 1.27. The molecule has 1 aliphatic carbocycles. The summed E-state index contributed by atoms with van der Waals surface area (Å²) >= 11 is 0. The third-order valence-electron chi connectivity index (χ3n) is 6.11. The molecule has 7 nitrogen and oxygen atoms in total. The van der Waals surface area contributed by atoms with Gasteiger partial charge in [0, 0.05) is 17.6 Å². The molecule has 1 saturated carbocycles. The predicted molar refractivity (Wildman–Crippen MR) is 125 cm³/mol. The molecular formula is C25H24F2N6O. The van der Waals surface area contributed by atoms with E-state index in [-0.39, 0.29) is 23.8 Å². The Hall–Kier alpha value is -3.88. The van der Waals surface area contributed by atoms with E-state index in [0.717, 1.165) is 31.1 Å². The number of rotatable bonds is 5. The Morgan fingerprint density at radius 3 is 2.53 bits per heavy atom. The molecule has 1 amide bonds. The molecule has 2 N–H and O–H groups in total. The number of fused-ring (bicyclic) bond motifs is 1. The van der Waals surface area contributed by atoms with Crippen molar-refractivity contribution >= 4 is 22.8 Å². The number of para-hydroxylation sites is 1. The van der Waals surface area contributed by atoms with Crippen LogP contribution in [0.15, 0.2) is 54.7 Å². The molecule has 0 saturated heterocycles. The smallest absolute Gasteiger partial charge is 0.251 e. The number of hydrogen-bond donors (Lipinski definition) is 2. The molecule has 0 atom stereocenters. The Bertz CT molecular complexity index is 1350. The molecule has 2 aromatic carbocycles. The van der Waals surface area contributed by atoms with E-state index in [4.69, 9.17) is 0 Å². The SMILES string of the molecule is Cc1nc(NC2CCC(NC(=O)c3cccc(F)c3)CC2)c2cnn(-c3ccccc3F)c2n1. The van der Waals surface area contributed by atoms with Gasteiger partial charge in [0.25, 0.3) is 5.91 Å². The zero-order valence-electron chi connectivity index (χ0n) is 18.6. The summed E-state index contributed by atoms with van der Waals surface area (Å²) in [6, 6.07) is 12.3. The second-order valence-corrected chi connectivity index (χ2v) is 8.54. The summed E-state index contributed by atoms with van der Waals surface area (Å²) in [5.41, 5.74) is 1.19. The van der Waals surface area contributed by atoms with Gasteiger partial charge in [0.2, 0.25) is 0 Å². The van der Waals surface area contributed by atoms with Gasteiger partial charge in [0.05, 0.1) is 11.6 Å². The Morgan fingerprint density at radius 1 is 1.00 bits per heavy atom. The summed E-state index contributed by atoms with van der Waals surface area (Å²) in [6.45, 7) is 1.79. The van der Waals surface area contributed by atoms with Crippen LogP contribution in [0.1, 0.15) is 41.9 Å². The lowest BCUT2D eigenvalue weighted by Crippen LogP contribution is -2.40. The molecule has 9 heteroatoms. The molecule has 0 aliphatic heterocycles. The van der Waals surface area contributed by atoms with Crippen LogP contribution in [0.2, 0.25) is 0 Å². The summed E-state index contributed by atoms with van der Waals surface area (Å²) < 4.78 is 29.2. The van der Waals surface area contributed by atoms with Crippen molar-refractivity contribution in [3.05, 3.63) is 77.8 Å². The quantitative estimate of drug-likeness (QED) is 0.454. The van der Waals surface area contributed by atoms with Crippen molar-refractivity contribution in [3.63, 3.8) is 0 Å². The predicted octanol–water partition coefficient (Wildman–Crippen LogP) is 4.56. The van der Waals surface area contributed by atoms with Crippen molar-refractivity contribution in [1.29, 1.82) is 0 Å². The first-order chi connectivity index (χ1) is 16.5. The summed E-state index contributed by atoms with van der Waals surface area (Å²) in [5, 5.41) is 11.6. The lowest BCUT2D eigenvalue weighted by Gasteiger charge is -2.30. The van der Waals surface area contributed by atoms with Gasteiger partial charge in [-0.2, -0.15) is 5.10 Å². The maximum atomic E-state index is 14.3. The lowest BCUT2D eigenvalue weighted by molar-refractivity contribution is 0.0926. The van der Waals surface area contributed by atoms with Crippen molar-refractivity contribution in [1.82, 2.24) is 25.1 Å². The van der Waals surface area contributed by atoms with Crippen molar-refractivity contribution in [3.8, 4) is 5.69 Å². The number of amides is 1. The maximum absolute atomic E-state index is 14.3. The third kappa shape index (κ3) is 4.46. The highest BCUT2D eigenvalue weighted by atomic mass is 19.1. The van der Waals surface area contributed by atoms with Gasteiger partial charge in [-0.15, -0.1) is 0 Å². The zero-order chi connectivity index (χ0) is 23.7. The molecule has 2 aromatic heterocycles. The van der Waals surface area contributed by atoms with Crippen LogP contribution in [-0.2, 0) is 0 Å². The summed E-state index contributed by atoms with van der Waals surface area (Å²) in [7, 11) is 0. The number of halogens is 2. The molecule has 2 heterocycles. The van der Waals surface area contributed by atoms with Crippen LogP contribution < -0.4 is 10.6 Å². The normalized spacial score (nSPS) is 18.1. The molecule has 5 rings (SSSR count). The van der Waals surface area contributed by atoms with Crippen LogP contribution >= 0.6 is 0 Å². The van der Waals surface area contributed by atoms with Crippen LogP contribution in [0.4, 0.5) is 14.6 Å². The molecule has 0 unspecified atom stereocenters. The standard InChI is InChI=1S/C25H24F2N6O/c1-15-29-23(20-14-28-33(24(20)30-15)22-8-3-2-7-21(22)27)31-18-9-11-19(12-10-18)32-25(34)16-5-4-6-17(26)13-16/h2-8,13-14,18-19H,9-12H2,1H3,(H,32,34)(H,29,30,31). The fourth-order valence-electron chi connectivity index (χ4n) is 4.40. The number of carbonyl (C=O) groups is 1. The molecule has 1 fully saturated rings. The van der Waals surface area contributed by atoms with Gasteiger partial charge in [-0.1, -0.05) is 18.2 Å². The van der Waals surface area contributed by atoms with E-state index in [2.05, 4.69) is 25.7 Å². The number of nitrogens with one attached hydrogen (secondary N) is 2. The molecule has 174 valence electrons. The first kappa shape index (κ1) is 21.9. The molecule has 1 aliphatic rings. The van der Waals surface area contributed by atoms with Gasteiger partial charge < -0.3 is 10.6 Å². The van der Waals surface area contributed by atoms with Crippen LogP contribution in [0.25, 0.3) is 16.7 Å². The number of nitrogens with zero attached hydrogens (tertiary/aromatic N) is 4. The van der Waals surface area contributed by atoms with Crippen molar-refractivity contribution in [2.45, 2.75) is 44.7 Å². The summed E-state index contributed by atoms with van der Waals surface area (Å²) in [4.78, 5) is 21.5. The minimum atomic E-state index is -0.426. The van der Waals surface area contributed by atoms with Gasteiger partial charge in [-0.3, -0.25) is 4.79 Å². The van der Waals surface area contributed by atoms with Gasteiger partial charge in [0.15, 0.2) is 5.65 Å². The minimum absolute atomic E-state index is 0.0322. The fraction of sp³-hybridized carbons (Fsp3) is 0.280. The highest BCUT2D eigenvalue weighted by Gasteiger charge is 2.24. The number of benzene rings is 2. The van der Waals surface area contributed by atoms with Gasteiger partial charge in [-0.25, -0.2) is 23.4 Å². The van der Waals surface area contributed by atoms with Crippen LogP contribution in [0.5, 0.6) is 0 Å². The van der Waals surface area contributed by atoms with E-state index in [0.29, 0.717) is 28.5 Å². The van der Waals surface area contributed by atoms with Crippen molar-refractivity contribution in [2.75, 3.05) is 5.32 Å². The average Bonchev–Trinajstić information content (AvgIpc) is 3.24. The van der Waals surface area contributed by atoms with E-state index in [1.807, 2.05) is 0 Å². The van der Waals surface area contributed by atoms with Crippen molar-refractivity contribution < 1.29 is 13.6 Å². The van der Waals surface area contributed by atoms with Crippen LogP contribution in [0.3, 0.4) is 0 Å². The highest BCUT2D eigenvalue weighted by molar-refractivity contribution is 5.94. The molecule has 0 spiro atoms. The zero-order valence-corrected chi connectivity index (χ0v) is 18.6. The molecule has 0 radical (unpaired) electrons. The second kappa shape index (κ2) is 9.17. The first-order valence-corrected chi connectivity index (χ1v) is 11.3. The van der Waals surface area contributed by atoms with Crippen LogP contribution in [0, 0.1) is 18.6 Å². The topological polar surface area (TPSA) is 84.7 Å². The Kier molecular flexibility index (Phi) is 5.91. The third-order valence-corrected chi connectivity index (χ3v) is 6.11. The van der Waals surface area contributed by atoms with Gasteiger partial charge in [-0.05, 0) is 62.9 Å². The molecule has 4 aromatic rings. The largest absolute Gasteiger partial charge is 0.367 e. The van der Waals surface area contributed by atoms with E-state index in [1.54, 1.807) is 37.4 Å². The monoisotopic (exact) mass is 462 g/mol. The lowest BCUT2D eigenvalue weighted by atomic mass is 9.91. The Labute approximate surface area is 195 Å². The van der Waals surface area contributed by atoms with E-state index in [9.17, 15) is 13.6 Å². The average molecular weight is 463 g/mol. The van der Waals surface area contributed by atoms with E-state index < -0.39 is 5.82 Å². The van der Waals surface area contributed by atoms with Gasteiger partial charge in [0.1, 0.15) is 29.0 Å². The fourth-order valence-corrected chi connectivity index (χ4v) is 4.40. The van der Waals surface area contributed by atoms with E-state index >= 15 is 0 Å². The molecule has 34 heavy (non-hydrogen) atoms. The number of aryl methyl sites for hydroxylation is 1. The van der Waals surface area contributed by atoms with Crippen molar-refractivity contribution in [2.24, 2.45) is 0 Å². The highest BCUT2D eigenvalue weighted by Crippen LogP contribution is 2.27. The molecule has 0 bridgehead atoms. The number of hydrogen-bond acceptors (Lipinski definition) is 5. The second-order valence-electron chi connectivity index (χ2n) is 8.54. The molecular weight excluding hydrogens is 438 g/mol. The number of aromatic nitrogens is 4. The van der Waals surface area contributed by atoms with E-state index in [1.165, 1.54) is 28.9 Å². The maximum Gasteiger partial charge on any atom is 0.251 e. The van der Waals surface area contributed by atoms with Crippen LogP contribution in [-0.4, -0.2) is 37.7 Å². The minimum Gasteiger partial charge on any atom is -0.367 e. The van der Waals surface area contributed by atoms with Gasteiger partial charge >= 0.3 is 0 Å². The Morgan fingerprint density at radius 2 is 1.76 bits per heavy atom. The first-order valence-electron chi connectivity index (χ1n) is 11.3. The number of anilines is 1.